The number of rotatable bonds is 6. The van der Waals surface area contributed by atoms with Crippen LogP contribution in [0.4, 0.5) is 0 Å². The molecule has 6 nitrogen and oxygen atoms in total. The summed E-state index contributed by atoms with van der Waals surface area (Å²) in [6.07, 6.45) is -1.11. The second kappa shape index (κ2) is 7.18. The van der Waals surface area contributed by atoms with Gasteiger partial charge in [0.2, 0.25) is 6.10 Å². The van der Waals surface area contributed by atoms with Crippen LogP contribution in [-0.4, -0.2) is 22.6 Å². The zero-order valence-electron chi connectivity index (χ0n) is 12.5. The average Bonchev–Trinajstić information content (AvgIpc) is 3.01. The van der Waals surface area contributed by atoms with E-state index in [1.807, 2.05) is 18.2 Å². The Kier molecular flexibility index (Phi) is 4.81. The van der Waals surface area contributed by atoms with Crippen LogP contribution in [0.1, 0.15) is 11.7 Å². The number of fused-ring (bicyclic) bond motifs is 1. The van der Waals surface area contributed by atoms with E-state index in [-0.39, 0.29) is 5.75 Å². The fourth-order valence-corrected chi connectivity index (χ4v) is 2.74. The second-order valence-corrected chi connectivity index (χ2v) is 5.85. The molecule has 0 spiro atoms. The van der Waals surface area contributed by atoms with Crippen LogP contribution < -0.4 is 5.73 Å². The Balaban J connectivity index is 1.62. The molecule has 1 unspecified atom stereocenters. The first-order valence-electron chi connectivity index (χ1n) is 7.15. The molecule has 1 aromatic heterocycles. The molecule has 0 aliphatic rings. The van der Waals surface area contributed by atoms with Crippen molar-refractivity contribution in [1.82, 2.24) is 4.98 Å². The number of nitrogens with two attached hydrogens (primary N) is 1. The third kappa shape index (κ3) is 3.75. The van der Waals surface area contributed by atoms with Crippen LogP contribution in [0.3, 0.4) is 0 Å². The van der Waals surface area contributed by atoms with E-state index in [0.29, 0.717) is 21.9 Å². The normalized spacial score (nSPS) is 12.0. The zero-order valence-corrected chi connectivity index (χ0v) is 13.4. The van der Waals surface area contributed by atoms with Crippen LogP contribution in [0.2, 0.25) is 0 Å². The summed E-state index contributed by atoms with van der Waals surface area (Å²) in [5.41, 5.74) is 7.22. The number of hydrogen-bond donors (Lipinski definition) is 1. The number of para-hydroxylation sites is 2. The molecule has 7 heteroatoms. The lowest BCUT2D eigenvalue weighted by atomic mass is 10.1. The molecule has 1 atom stereocenters. The van der Waals surface area contributed by atoms with Crippen LogP contribution >= 0.6 is 11.8 Å². The maximum absolute atomic E-state index is 12.0. The molecule has 0 aliphatic heterocycles. The van der Waals surface area contributed by atoms with Gasteiger partial charge in [0, 0.05) is 5.56 Å². The first kappa shape index (κ1) is 16.1. The third-order valence-corrected chi connectivity index (χ3v) is 4.00. The van der Waals surface area contributed by atoms with Gasteiger partial charge in [0.1, 0.15) is 11.3 Å². The Morgan fingerprint density at radius 2 is 1.83 bits per heavy atom. The number of aromatic nitrogens is 1. The van der Waals surface area contributed by atoms with Gasteiger partial charge in [0.05, 0.1) is 0 Å². The molecule has 122 valence electrons. The summed E-state index contributed by atoms with van der Waals surface area (Å²) in [5, 5.41) is 0.364. The number of thioether (sulfide) groups is 1. The van der Waals surface area contributed by atoms with Gasteiger partial charge in [-0.3, -0.25) is 9.59 Å². The maximum Gasteiger partial charge on any atom is 0.317 e. The van der Waals surface area contributed by atoms with E-state index in [1.165, 1.54) is 0 Å². The number of hydrogen-bond acceptors (Lipinski definition) is 6. The number of primary amides is 1. The quantitative estimate of drug-likeness (QED) is 0.546. The van der Waals surface area contributed by atoms with Gasteiger partial charge in [-0.05, 0) is 12.1 Å². The maximum atomic E-state index is 12.0. The lowest BCUT2D eigenvalue weighted by molar-refractivity contribution is -0.152. The van der Waals surface area contributed by atoms with E-state index in [9.17, 15) is 9.59 Å². The first-order chi connectivity index (χ1) is 11.6. The molecule has 24 heavy (non-hydrogen) atoms. The molecular weight excluding hydrogens is 328 g/mol. The van der Waals surface area contributed by atoms with Crippen molar-refractivity contribution in [2.45, 2.75) is 11.3 Å². The van der Waals surface area contributed by atoms with Gasteiger partial charge in [0.25, 0.3) is 11.1 Å². The van der Waals surface area contributed by atoms with E-state index in [0.717, 1.165) is 11.8 Å². The zero-order chi connectivity index (χ0) is 16.9. The molecule has 0 fully saturated rings. The first-order valence-corrected chi connectivity index (χ1v) is 8.14. The highest BCUT2D eigenvalue weighted by atomic mass is 32.2. The minimum Gasteiger partial charge on any atom is -0.447 e. The van der Waals surface area contributed by atoms with Crippen molar-refractivity contribution in [3.63, 3.8) is 0 Å². The summed E-state index contributed by atoms with van der Waals surface area (Å²) in [4.78, 5) is 27.8. The fraction of sp³-hybridized carbons (Fsp3) is 0.118. The molecule has 0 aliphatic carbocycles. The Morgan fingerprint density at radius 1 is 1.12 bits per heavy atom. The number of esters is 1. The summed E-state index contributed by atoms with van der Waals surface area (Å²) in [5.74, 6) is -1.33. The molecule has 1 amide bonds. The van der Waals surface area contributed by atoms with Gasteiger partial charge in [-0.25, -0.2) is 4.98 Å². The summed E-state index contributed by atoms with van der Waals surface area (Å²) in [6, 6.07) is 15.9. The Bertz CT molecular complexity index is 830. The molecule has 2 aromatic carbocycles. The second-order valence-electron chi connectivity index (χ2n) is 4.92. The van der Waals surface area contributed by atoms with E-state index < -0.39 is 18.0 Å². The molecule has 0 bridgehead atoms. The molecule has 1 heterocycles. The summed E-state index contributed by atoms with van der Waals surface area (Å²) in [7, 11) is 0. The molecule has 3 aromatic rings. The van der Waals surface area contributed by atoms with Crippen LogP contribution in [0.25, 0.3) is 11.1 Å². The number of benzene rings is 2. The van der Waals surface area contributed by atoms with Gasteiger partial charge in [-0.15, -0.1) is 0 Å². The minimum absolute atomic E-state index is 0.0383. The Morgan fingerprint density at radius 3 is 2.54 bits per heavy atom. The number of carbonyl (C=O) groups is 2. The predicted molar refractivity (Wildman–Crippen MR) is 89.2 cm³/mol. The third-order valence-electron chi connectivity index (χ3n) is 3.20. The lowest BCUT2D eigenvalue weighted by Gasteiger charge is -2.14. The molecule has 2 N–H and O–H groups in total. The van der Waals surface area contributed by atoms with E-state index in [1.54, 1.807) is 36.4 Å². The van der Waals surface area contributed by atoms with Crippen molar-refractivity contribution in [3.05, 3.63) is 60.2 Å². The summed E-state index contributed by atoms with van der Waals surface area (Å²) >= 11 is 1.10. The molecule has 3 rings (SSSR count). The smallest absolute Gasteiger partial charge is 0.317 e. The van der Waals surface area contributed by atoms with E-state index >= 15 is 0 Å². The average molecular weight is 342 g/mol. The van der Waals surface area contributed by atoms with Crippen molar-refractivity contribution >= 4 is 34.7 Å². The minimum atomic E-state index is -1.11. The van der Waals surface area contributed by atoms with Crippen molar-refractivity contribution in [2.75, 3.05) is 5.75 Å². The van der Waals surface area contributed by atoms with Crippen molar-refractivity contribution in [1.29, 1.82) is 0 Å². The van der Waals surface area contributed by atoms with Gasteiger partial charge < -0.3 is 14.9 Å². The number of oxazole rings is 1. The number of nitrogens with zero attached hydrogens (tertiary/aromatic N) is 1. The van der Waals surface area contributed by atoms with Crippen molar-refractivity contribution in [2.24, 2.45) is 5.73 Å². The van der Waals surface area contributed by atoms with Crippen LogP contribution in [0.5, 0.6) is 0 Å². The Labute approximate surface area is 142 Å². The summed E-state index contributed by atoms with van der Waals surface area (Å²) in [6.45, 7) is 0. The Hall–Kier alpha value is -2.80. The molecule has 0 saturated carbocycles. The van der Waals surface area contributed by atoms with Crippen molar-refractivity contribution in [3.8, 4) is 0 Å². The molecule has 0 saturated heterocycles. The summed E-state index contributed by atoms with van der Waals surface area (Å²) < 4.78 is 10.7. The lowest BCUT2D eigenvalue weighted by Crippen LogP contribution is -2.26. The highest BCUT2D eigenvalue weighted by molar-refractivity contribution is 7.99. The van der Waals surface area contributed by atoms with Gasteiger partial charge in [0.15, 0.2) is 5.58 Å². The number of carbonyl (C=O) groups excluding carboxylic acids is 2. The number of amides is 1. The molecule has 0 radical (unpaired) electrons. The highest BCUT2D eigenvalue weighted by Gasteiger charge is 2.22. The highest BCUT2D eigenvalue weighted by Crippen LogP contribution is 2.24. The van der Waals surface area contributed by atoms with Crippen molar-refractivity contribution < 1.29 is 18.7 Å². The van der Waals surface area contributed by atoms with Crippen LogP contribution in [-0.2, 0) is 14.3 Å². The van der Waals surface area contributed by atoms with Gasteiger partial charge >= 0.3 is 5.97 Å². The van der Waals surface area contributed by atoms with E-state index in [2.05, 4.69) is 4.98 Å². The van der Waals surface area contributed by atoms with Gasteiger partial charge in [-0.1, -0.05) is 54.2 Å². The topological polar surface area (TPSA) is 95.4 Å². The van der Waals surface area contributed by atoms with Gasteiger partial charge in [-0.2, -0.15) is 0 Å². The van der Waals surface area contributed by atoms with Crippen LogP contribution in [0, 0.1) is 0 Å². The standard InChI is InChI=1S/C17H14N2O4S/c18-16(21)15(11-6-2-1-3-7-11)23-14(20)10-24-17-19-12-8-4-5-9-13(12)22-17/h1-9,15H,10H2,(H2,18,21). The predicted octanol–water partition coefficient (Wildman–Crippen LogP) is 2.69. The number of ether oxygens (including phenoxy) is 1. The largest absolute Gasteiger partial charge is 0.447 e. The fourth-order valence-electron chi connectivity index (χ4n) is 2.12. The SMILES string of the molecule is NC(=O)C(OC(=O)CSc1nc2ccccc2o1)c1ccccc1. The monoisotopic (exact) mass is 342 g/mol. The van der Waals surface area contributed by atoms with Crippen LogP contribution in [0.15, 0.2) is 64.2 Å². The van der Waals surface area contributed by atoms with E-state index in [4.69, 9.17) is 14.9 Å². The molecular formula is C17H14N2O4S.